The summed E-state index contributed by atoms with van der Waals surface area (Å²) < 4.78 is 5.68. The van der Waals surface area contributed by atoms with Gasteiger partial charge in [0.2, 0.25) is 5.89 Å². The fraction of sp³-hybridized carbons (Fsp3) is 0.333. The van der Waals surface area contributed by atoms with Gasteiger partial charge >= 0.3 is 6.03 Å². The Balaban J connectivity index is 2.02. The molecule has 2 rings (SSSR count). The number of carbonyl (C=O) groups is 1. The standard InChI is InChI=1S/C15H19N3O3/c1-11(17-15(20)18(2)8-9-19)14-16-10-13(21-14)12-6-4-3-5-7-12/h3-7,10-11,19H,8-9H2,1-2H3,(H,17,20). The molecule has 2 N–H and O–H groups in total. The highest BCUT2D eigenvalue weighted by Gasteiger charge is 2.17. The van der Waals surface area contributed by atoms with Crippen LogP contribution in [-0.4, -0.2) is 41.2 Å². The van der Waals surface area contributed by atoms with Crippen LogP contribution >= 0.6 is 0 Å². The van der Waals surface area contributed by atoms with E-state index in [9.17, 15) is 4.79 Å². The van der Waals surface area contributed by atoms with E-state index >= 15 is 0 Å². The predicted molar refractivity (Wildman–Crippen MR) is 78.6 cm³/mol. The van der Waals surface area contributed by atoms with Crippen molar-refractivity contribution in [3.8, 4) is 11.3 Å². The maximum Gasteiger partial charge on any atom is 0.317 e. The fourth-order valence-corrected chi connectivity index (χ4v) is 1.83. The van der Waals surface area contributed by atoms with Crippen LogP contribution < -0.4 is 5.32 Å². The third-order valence-corrected chi connectivity index (χ3v) is 3.07. The van der Waals surface area contributed by atoms with Gasteiger partial charge in [0.05, 0.1) is 12.8 Å². The fourth-order valence-electron chi connectivity index (χ4n) is 1.83. The first-order valence-electron chi connectivity index (χ1n) is 6.75. The van der Waals surface area contributed by atoms with Gasteiger partial charge in [0.15, 0.2) is 5.76 Å². The molecule has 112 valence electrons. The van der Waals surface area contributed by atoms with Crippen molar-refractivity contribution >= 4 is 6.03 Å². The summed E-state index contributed by atoms with van der Waals surface area (Å²) in [5, 5.41) is 11.6. The van der Waals surface area contributed by atoms with Crippen molar-refractivity contribution < 1.29 is 14.3 Å². The Labute approximate surface area is 123 Å². The number of benzene rings is 1. The molecule has 0 aliphatic heterocycles. The number of likely N-dealkylation sites (N-methyl/N-ethyl adjacent to an activating group) is 1. The van der Waals surface area contributed by atoms with Crippen LogP contribution in [0, 0.1) is 0 Å². The third-order valence-electron chi connectivity index (χ3n) is 3.07. The molecular weight excluding hydrogens is 270 g/mol. The third kappa shape index (κ3) is 3.82. The van der Waals surface area contributed by atoms with E-state index in [-0.39, 0.29) is 25.2 Å². The molecule has 0 radical (unpaired) electrons. The maximum atomic E-state index is 11.8. The van der Waals surface area contributed by atoms with Gasteiger partial charge in [0.25, 0.3) is 0 Å². The lowest BCUT2D eigenvalue weighted by Crippen LogP contribution is -2.39. The van der Waals surface area contributed by atoms with Gasteiger partial charge in [0.1, 0.15) is 6.04 Å². The summed E-state index contributed by atoms with van der Waals surface area (Å²) in [6.45, 7) is 2.00. The van der Waals surface area contributed by atoms with E-state index < -0.39 is 0 Å². The first kappa shape index (κ1) is 15.1. The monoisotopic (exact) mass is 289 g/mol. The lowest BCUT2D eigenvalue weighted by molar-refractivity contribution is 0.186. The molecule has 2 amide bonds. The minimum absolute atomic E-state index is 0.0740. The molecule has 2 aromatic rings. The van der Waals surface area contributed by atoms with Crippen LogP contribution in [0.25, 0.3) is 11.3 Å². The normalized spacial score (nSPS) is 12.0. The van der Waals surface area contributed by atoms with Crippen LogP contribution in [0.15, 0.2) is 40.9 Å². The number of amides is 2. The van der Waals surface area contributed by atoms with E-state index in [0.717, 1.165) is 5.56 Å². The Morgan fingerprint density at radius 3 is 2.81 bits per heavy atom. The maximum absolute atomic E-state index is 11.8. The van der Waals surface area contributed by atoms with E-state index in [1.54, 1.807) is 20.2 Å². The number of aromatic nitrogens is 1. The van der Waals surface area contributed by atoms with E-state index in [1.807, 2.05) is 30.3 Å². The van der Waals surface area contributed by atoms with Gasteiger partial charge in [-0.05, 0) is 6.92 Å². The molecule has 0 fully saturated rings. The number of hydrogen-bond donors (Lipinski definition) is 2. The average molecular weight is 289 g/mol. The highest BCUT2D eigenvalue weighted by atomic mass is 16.4. The topological polar surface area (TPSA) is 78.6 Å². The number of nitrogens with zero attached hydrogens (tertiary/aromatic N) is 2. The SMILES string of the molecule is CC(NC(=O)N(C)CCO)c1ncc(-c2ccccc2)o1. The molecule has 0 aliphatic carbocycles. The number of oxazole rings is 1. The Kier molecular flexibility index (Phi) is 4.94. The molecule has 1 unspecified atom stereocenters. The minimum atomic E-state index is -0.351. The largest absolute Gasteiger partial charge is 0.438 e. The molecule has 1 aromatic carbocycles. The second-order valence-corrected chi connectivity index (χ2v) is 4.75. The second-order valence-electron chi connectivity index (χ2n) is 4.75. The number of aliphatic hydroxyl groups is 1. The molecule has 6 nitrogen and oxygen atoms in total. The van der Waals surface area contributed by atoms with Gasteiger partial charge < -0.3 is 19.7 Å². The quantitative estimate of drug-likeness (QED) is 0.883. The highest BCUT2D eigenvalue weighted by Crippen LogP contribution is 2.22. The van der Waals surface area contributed by atoms with E-state index in [1.165, 1.54) is 4.90 Å². The highest BCUT2D eigenvalue weighted by molar-refractivity contribution is 5.74. The number of carbonyl (C=O) groups excluding carboxylic acids is 1. The zero-order valence-corrected chi connectivity index (χ0v) is 12.1. The Hall–Kier alpha value is -2.34. The predicted octanol–water partition coefficient (Wildman–Crippen LogP) is 2.04. The molecule has 0 bridgehead atoms. The van der Waals surface area contributed by atoms with Crippen LogP contribution in [0.4, 0.5) is 4.79 Å². The van der Waals surface area contributed by atoms with E-state index in [0.29, 0.717) is 11.7 Å². The molecule has 21 heavy (non-hydrogen) atoms. The summed E-state index contributed by atoms with van der Waals surface area (Å²) in [5.74, 6) is 1.11. The Morgan fingerprint density at radius 2 is 2.14 bits per heavy atom. The van der Waals surface area contributed by atoms with Gasteiger partial charge in [-0.25, -0.2) is 9.78 Å². The molecule has 6 heteroatoms. The van der Waals surface area contributed by atoms with Crippen molar-refractivity contribution in [1.82, 2.24) is 15.2 Å². The molecule has 1 aromatic heterocycles. The van der Waals surface area contributed by atoms with E-state index in [4.69, 9.17) is 9.52 Å². The summed E-state index contributed by atoms with van der Waals surface area (Å²) in [6.07, 6.45) is 1.64. The Morgan fingerprint density at radius 1 is 1.43 bits per heavy atom. The van der Waals surface area contributed by atoms with Gasteiger partial charge in [-0.1, -0.05) is 30.3 Å². The minimum Gasteiger partial charge on any atom is -0.438 e. The molecule has 1 heterocycles. The molecule has 0 spiro atoms. The summed E-state index contributed by atoms with van der Waals surface area (Å²) in [6, 6.07) is 9.01. The van der Waals surface area contributed by atoms with Crippen molar-refractivity contribution in [2.45, 2.75) is 13.0 Å². The van der Waals surface area contributed by atoms with Crippen LogP contribution in [0.2, 0.25) is 0 Å². The average Bonchev–Trinajstić information content (AvgIpc) is 2.98. The van der Waals surface area contributed by atoms with Crippen molar-refractivity contribution in [2.24, 2.45) is 0 Å². The molecule has 0 saturated carbocycles. The zero-order chi connectivity index (χ0) is 15.2. The van der Waals surface area contributed by atoms with Crippen molar-refractivity contribution in [3.63, 3.8) is 0 Å². The van der Waals surface area contributed by atoms with Crippen LogP contribution in [-0.2, 0) is 0 Å². The smallest absolute Gasteiger partial charge is 0.317 e. The second kappa shape index (κ2) is 6.90. The van der Waals surface area contributed by atoms with Crippen molar-refractivity contribution in [3.05, 3.63) is 42.4 Å². The molecule has 0 aliphatic rings. The van der Waals surface area contributed by atoms with Crippen LogP contribution in [0.3, 0.4) is 0 Å². The number of urea groups is 1. The number of nitrogens with one attached hydrogen (secondary N) is 1. The number of rotatable bonds is 5. The first-order valence-corrected chi connectivity index (χ1v) is 6.75. The summed E-state index contributed by atoms with van der Waals surface area (Å²) >= 11 is 0. The van der Waals surface area contributed by atoms with Gasteiger partial charge in [-0.2, -0.15) is 0 Å². The number of hydrogen-bond acceptors (Lipinski definition) is 4. The van der Waals surface area contributed by atoms with Gasteiger partial charge in [0, 0.05) is 19.2 Å². The van der Waals surface area contributed by atoms with Crippen LogP contribution in [0.1, 0.15) is 18.9 Å². The van der Waals surface area contributed by atoms with Crippen LogP contribution in [0.5, 0.6) is 0 Å². The lowest BCUT2D eigenvalue weighted by Gasteiger charge is -2.18. The summed E-state index contributed by atoms with van der Waals surface area (Å²) in [4.78, 5) is 17.4. The first-order chi connectivity index (χ1) is 10.1. The zero-order valence-electron chi connectivity index (χ0n) is 12.1. The van der Waals surface area contributed by atoms with Crippen molar-refractivity contribution in [1.29, 1.82) is 0 Å². The molecule has 0 saturated heterocycles. The molecule has 1 atom stereocenters. The lowest BCUT2D eigenvalue weighted by atomic mass is 10.2. The van der Waals surface area contributed by atoms with Gasteiger partial charge in [-0.15, -0.1) is 0 Å². The Bertz CT molecular complexity index is 583. The molecular formula is C15H19N3O3. The van der Waals surface area contributed by atoms with Gasteiger partial charge in [-0.3, -0.25) is 0 Å². The summed E-state index contributed by atoms with van der Waals surface area (Å²) in [7, 11) is 1.61. The number of aliphatic hydroxyl groups excluding tert-OH is 1. The summed E-state index contributed by atoms with van der Waals surface area (Å²) in [5.41, 5.74) is 0.937. The van der Waals surface area contributed by atoms with Crippen molar-refractivity contribution in [2.75, 3.05) is 20.2 Å². The van der Waals surface area contributed by atoms with E-state index in [2.05, 4.69) is 10.3 Å².